The van der Waals surface area contributed by atoms with Gasteiger partial charge in [0.25, 0.3) is 0 Å². The zero-order valence-corrected chi connectivity index (χ0v) is 14.5. The van der Waals surface area contributed by atoms with Gasteiger partial charge in [-0.25, -0.2) is 0 Å². The van der Waals surface area contributed by atoms with Crippen molar-refractivity contribution >= 4 is 34.7 Å². The Bertz CT molecular complexity index is 676. The van der Waals surface area contributed by atoms with E-state index in [-0.39, 0.29) is 9.77 Å². The van der Waals surface area contributed by atoms with Crippen molar-refractivity contribution in [2.24, 2.45) is 0 Å². The van der Waals surface area contributed by atoms with E-state index in [1.807, 2.05) is 24.3 Å². The molecule has 0 saturated heterocycles. The second-order valence-corrected chi connectivity index (χ2v) is 8.36. The molecule has 0 atom stereocenters. The van der Waals surface area contributed by atoms with E-state index in [4.69, 9.17) is 11.6 Å². The lowest BCUT2D eigenvalue weighted by atomic mass is 10.2. The fourth-order valence-electron chi connectivity index (χ4n) is 1.95. The van der Waals surface area contributed by atoms with Crippen LogP contribution in [0.3, 0.4) is 0 Å². The van der Waals surface area contributed by atoms with Crippen molar-refractivity contribution in [1.29, 1.82) is 0 Å². The van der Waals surface area contributed by atoms with Crippen LogP contribution >= 0.6 is 23.4 Å². The number of halogens is 4. The Balaban J connectivity index is 2.17. The van der Waals surface area contributed by atoms with Crippen molar-refractivity contribution in [3.8, 4) is 0 Å². The summed E-state index contributed by atoms with van der Waals surface area (Å²) >= 11 is 7.35. The molecule has 0 amide bonds. The normalized spacial score (nSPS) is 12.3. The smallest absolute Gasteiger partial charge is 0.356 e. The summed E-state index contributed by atoms with van der Waals surface area (Å²) in [7, 11) is 0. The summed E-state index contributed by atoms with van der Waals surface area (Å²) in [5.74, 6) is 0. The molecular weight excluding hydrogens is 343 g/mol. The predicted molar refractivity (Wildman–Crippen MR) is 91.8 cm³/mol. The van der Waals surface area contributed by atoms with Gasteiger partial charge in [-0.05, 0) is 42.5 Å². The zero-order valence-electron chi connectivity index (χ0n) is 13.0. The van der Waals surface area contributed by atoms with Gasteiger partial charge in [-0.3, -0.25) is 0 Å². The standard InChI is InChI=1S/C17H17ClF3NS/c1-16(2,3)23-13-7-4-11(5-8-13)22-12-6-9-15(18)14(10-12)17(19,20)21/h4-10,22H,1-3H3. The Kier molecular flexibility index (Phi) is 5.21. The molecule has 124 valence electrons. The van der Waals surface area contributed by atoms with E-state index in [1.165, 1.54) is 12.1 Å². The number of benzene rings is 2. The van der Waals surface area contributed by atoms with Gasteiger partial charge in [0.1, 0.15) is 0 Å². The summed E-state index contributed by atoms with van der Waals surface area (Å²) in [5, 5.41) is 2.66. The molecule has 0 bridgehead atoms. The fraction of sp³-hybridized carbons (Fsp3) is 0.294. The maximum absolute atomic E-state index is 12.9. The summed E-state index contributed by atoms with van der Waals surface area (Å²) in [4.78, 5) is 1.11. The lowest BCUT2D eigenvalue weighted by Gasteiger charge is -2.18. The van der Waals surface area contributed by atoms with E-state index in [1.54, 1.807) is 11.8 Å². The summed E-state index contributed by atoms with van der Waals surface area (Å²) < 4.78 is 38.7. The highest BCUT2D eigenvalue weighted by Crippen LogP contribution is 2.37. The van der Waals surface area contributed by atoms with Gasteiger partial charge in [0.15, 0.2) is 0 Å². The molecule has 0 fully saturated rings. The summed E-state index contributed by atoms with van der Waals surface area (Å²) in [6.07, 6.45) is -4.47. The van der Waals surface area contributed by atoms with Crippen molar-refractivity contribution < 1.29 is 13.2 Å². The molecule has 0 saturated carbocycles. The Morgan fingerprint density at radius 1 is 0.913 bits per heavy atom. The number of anilines is 2. The molecule has 2 aromatic rings. The van der Waals surface area contributed by atoms with E-state index in [0.29, 0.717) is 5.69 Å². The number of hydrogen-bond donors (Lipinski definition) is 1. The van der Waals surface area contributed by atoms with Crippen LogP contribution in [0.2, 0.25) is 5.02 Å². The van der Waals surface area contributed by atoms with Crippen LogP contribution in [-0.2, 0) is 6.18 Å². The van der Waals surface area contributed by atoms with Gasteiger partial charge in [0, 0.05) is 21.0 Å². The zero-order chi connectivity index (χ0) is 17.3. The third kappa shape index (κ3) is 5.36. The van der Waals surface area contributed by atoms with E-state index in [0.717, 1.165) is 16.6 Å². The van der Waals surface area contributed by atoms with Gasteiger partial charge in [-0.1, -0.05) is 32.4 Å². The third-order valence-electron chi connectivity index (χ3n) is 2.84. The van der Waals surface area contributed by atoms with Crippen LogP contribution in [0, 0.1) is 0 Å². The van der Waals surface area contributed by atoms with Crippen LogP contribution in [0.15, 0.2) is 47.4 Å². The van der Waals surface area contributed by atoms with Gasteiger partial charge in [-0.2, -0.15) is 13.2 Å². The maximum Gasteiger partial charge on any atom is 0.417 e. The molecule has 0 heterocycles. The molecule has 1 nitrogen and oxygen atoms in total. The largest absolute Gasteiger partial charge is 0.417 e. The lowest BCUT2D eigenvalue weighted by Crippen LogP contribution is -2.07. The number of rotatable bonds is 3. The van der Waals surface area contributed by atoms with Crippen molar-refractivity contribution in [2.45, 2.75) is 36.6 Å². The number of alkyl halides is 3. The maximum atomic E-state index is 12.9. The van der Waals surface area contributed by atoms with E-state index < -0.39 is 11.7 Å². The van der Waals surface area contributed by atoms with Gasteiger partial charge < -0.3 is 5.32 Å². The first kappa shape index (κ1) is 18.0. The minimum Gasteiger partial charge on any atom is -0.356 e. The molecule has 2 aromatic carbocycles. The Labute approximate surface area is 143 Å². The molecule has 0 unspecified atom stereocenters. The molecule has 0 aliphatic carbocycles. The highest BCUT2D eigenvalue weighted by atomic mass is 35.5. The van der Waals surface area contributed by atoms with Crippen molar-refractivity contribution in [3.63, 3.8) is 0 Å². The van der Waals surface area contributed by atoms with E-state index >= 15 is 0 Å². The first-order valence-electron chi connectivity index (χ1n) is 6.97. The molecule has 0 radical (unpaired) electrons. The average Bonchev–Trinajstić information content (AvgIpc) is 2.40. The Morgan fingerprint density at radius 2 is 1.48 bits per heavy atom. The number of hydrogen-bond acceptors (Lipinski definition) is 2. The second kappa shape index (κ2) is 6.65. The highest BCUT2D eigenvalue weighted by molar-refractivity contribution is 8.00. The van der Waals surface area contributed by atoms with Crippen molar-refractivity contribution in [3.05, 3.63) is 53.1 Å². The fourth-order valence-corrected chi connectivity index (χ4v) is 3.15. The van der Waals surface area contributed by atoms with E-state index in [9.17, 15) is 13.2 Å². The Hall–Kier alpha value is -1.33. The quantitative estimate of drug-likeness (QED) is 0.592. The van der Waals surface area contributed by atoms with Gasteiger partial charge in [-0.15, -0.1) is 11.8 Å². The molecule has 0 aromatic heterocycles. The SMILES string of the molecule is CC(C)(C)Sc1ccc(Nc2ccc(Cl)c(C(F)(F)F)c2)cc1. The molecule has 23 heavy (non-hydrogen) atoms. The van der Waals surface area contributed by atoms with E-state index in [2.05, 4.69) is 26.1 Å². The minimum atomic E-state index is -4.47. The van der Waals surface area contributed by atoms with Gasteiger partial charge in [0.05, 0.1) is 10.6 Å². The van der Waals surface area contributed by atoms with Crippen LogP contribution in [0.5, 0.6) is 0 Å². The molecule has 2 rings (SSSR count). The predicted octanol–water partition coefficient (Wildman–Crippen LogP) is 6.99. The van der Waals surface area contributed by atoms with Crippen LogP contribution in [0.4, 0.5) is 24.5 Å². The number of nitrogens with one attached hydrogen (secondary N) is 1. The third-order valence-corrected chi connectivity index (χ3v) is 4.29. The monoisotopic (exact) mass is 359 g/mol. The highest BCUT2D eigenvalue weighted by Gasteiger charge is 2.33. The van der Waals surface area contributed by atoms with Gasteiger partial charge >= 0.3 is 6.18 Å². The Morgan fingerprint density at radius 3 is 2.00 bits per heavy atom. The summed E-state index contributed by atoms with van der Waals surface area (Å²) in [6, 6.07) is 11.4. The lowest BCUT2D eigenvalue weighted by molar-refractivity contribution is -0.137. The molecule has 0 spiro atoms. The minimum absolute atomic E-state index is 0.104. The molecule has 0 aliphatic rings. The van der Waals surface area contributed by atoms with Crippen molar-refractivity contribution in [2.75, 3.05) is 5.32 Å². The molecule has 1 N–H and O–H groups in total. The topological polar surface area (TPSA) is 12.0 Å². The van der Waals surface area contributed by atoms with Crippen molar-refractivity contribution in [1.82, 2.24) is 0 Å². The van der Waals surface area contributed by atoms with Crippen LogP contribution in [0.25, 0.3) is 0 Å². The molecule has 6 heteroatoms. The molecule has 0 aliphatic heterocycles. The van der Waals surface area contributed by atoms with Crippen LogP contribution in [0.1, 0.15) is 26.3 Å². The second-order valence-electron chi connectivity index (χ2n) is 6.06. The summed E-state index contributed by atoms with van der Waals surface area (Å²) in [6.45, 7) is 6.36. The average molecular weight is 360 g/mol. The first-order chi connectivity index (χ1) is 10.5. The van der Waals surface area contributed by atoms with Crippen LogP contribution < -0.4 is 5.32 Å². The first-order valence-corrected chi connectivity index (χ1v) is 8.17. The van der Waals surface area contributed by atoms with Crippen LogP contribution in [-0.4, -0.2) is 4.75 Å². The molecular formula is C17H17ClF3NS. The number of thioether (sulfide) groups is 1. The van der Waals surface area contributed by atoms with Gasteiger partial charge in [0.2, 0.25) is 0 Å². The summed E-state index contributed by atoms with van der Waals surface area (Å²) in [5.41, 5.74) is 0.223.